The van der Waals surface area contributed by atoms with Gasteiger partial charge in [-0.25, -0.2) is 9.59 Å². The predicted octanol–water partition coefficient (Wildman–Crippen LogP) is 4.80. The van der Waals surface area contributed by atoms with E-state index in [9.17, 15) is 9.59 Å². The standard InChI is InChI=1S/C25H20O5/c1-28-22-11-17-6-3-2-5-15(17)10-21(22)25(27)29-14-19-13-24(26)30-23-12-18-8-4-7-16(18)9-20(19)23/h2-3,5-6,9-13H,4,7-8,14H2,1H3. The third-order valence-corrected chi connectivity index (χ3v) is 5.69. The van der Waals surface area contributed by atoms with E-state index in [1.807, 2.05) is 36.4 Å². The summed E-state index contributed by atoms with van der Waals surface area (Å²) in [6, 6.07) is 16.7. The first-order valence-electron chi connectivity index (χ1n) is 9.95. The lowest BCUT2D eigenvalue weighted by Crippen LogP contribution is -2.09. The summed E-state index contributed by atoms with van der Waals surface area (Å²) in [7, 11) is 1.53. The van der Waals surface area contributed by atoms with Crippen molar-refractivity contribution >= 4 is 27.7 Å². The van der Waals surface area contributed by atoms with Gasteiger partial charge in [-0.15, -0.1) is 0 Å². The second-order valence-electron chi connectivity index (χ2n) is 7.54. The molecule has 0 unspecified atom stereocenters. The van der Waals surface area contributed by atoms with Gasteiger partial charge in [0.1, 0.15) is 23.5 Å². The molecule has 0 atom stereocenters. The predicted molar refractivity (Wildman–Crippen MR) is 114 cm³/mol. The fraction of sp³-hybridized carbons (Fsp3) is 0.200. The Kier molecular flexibility index (Phi) is 4.51. The number of hydrogen-bond acceptors (Lipinski definition) is 5. The molecule has 150 valence electrons. The van der Waals surface area contributed by atoms with Gasteiger partial charge in [0.15, 0.2) is 0 Å². The number of aryl methyl sites for hydroxylation is 2. The van der Waals surface area contributed by atoms with E-state index in [2.05, 4.69) is 6.07 Å². The van der Waals surface area contributed by atoms with Crippen molar-refractivity contribution in [2.24, 2.45) is 0 Å². The van der Waals surface area contributed by atoms with Gasteiger partial charge >= 0.3 is 11.6 Å². The first-order chi connectivity index (χ1) is 14.6. The van der Waals surface area contributed by atoms with Gasteiger partial charge in [0.2, 0.25) is 0 Å². The molecule has 0 radical (unpaired) electrons. The molecule has 5 nitrogen and oxygen atoms in total. The zero-order valence-electron chi connectivity index (χ0n) is 16.6. The van der Waals surface area contributed by atoms with E-state index in [-0.39, 0.29) is 6.61 Å². The van der Waals surface area contributed by atoms with Crippen LogP contribution < -0.4 is 10.4 Å². The number of fused-ring (bicyclic) bond motifs is 3. The highest BCUT2D eigenvalue weighted by Crippen LogP contribution is 2.30. The number of hydrogen-bond donors (Lipinski definition) is 0. The van der Waals surface area contributed by atoms with Crippen LogP contribution in [0, 0.1) is 0 Å². The van der Waals surface area contributed by atoms with E-state index in [4.69, 9.17) is 13.9 Å². The number of esters is 1. The van der Waals surface area contributed by atoms with E-state index in [1.54, 1.807) is 6.07 Å². The minimum atomic E-state index is -0.500. The average molecular weight is 400 g/mol. The second kappa shape index (κ2) is 7.34. The Balaban J connectivity index is 1.48. The third-order valence-electron chi connectivity index (χ3n) is 5.69. The lowest BCUT2D eigenvalue weighted by molar-refractivity contribution is 0.0470. The quantitative estimate of drug-likeness (QED) is 0.364. The number of rotatable bonds is 4. The molecule has 0 saturated carbocycles. The van der Waals surface area contributed by atoms with Crippen molar-refractivity contribution < 1.29 is 18.7 Å². The third kappa shape index (κ3) is 3.22. The molecule has 0 N–H and O–H groups in total. The van der Waals surface area contributed by atoms with Crippen LogP contribution in [0.3, 0.4) is 0 Å². The molecule has 0 fully saturated rings. The molecule has 1 aliphatic rings. The van der Waals surface area contributed by atoms with E-state index in [1.165, 1.54) is 24.3 Å². The largest absolute Gasteiger partial charge is 0.496 e. The molecule has 3 aromatic carbocycles. The summed E-state index contributed by atoms with van der Waals surface area (Å²) in [5.74, 6) is -0.0471. The summed E-state index contributed by atoms with van der Waals surface area (Å²) >= 11 is 0. The normalized spacial score (nSPS) is 12.8. The van der Waals surface area contributed by atoms with Crippen molar-refractivity contribution in [3.63, 3.8) is 0 Å². The first kappa shape index (κ1) is 18.4. The highest BCUT2D eigenvalue weighted by molar-refractivity contribution is 5.98. The Labute approximate surface area is 172 Å². The van der Waals surface area contributed by atoms with E-state index in [0.29, 0.717) is 22.5 Å². The maximum Gasteiger partial charge on any atom is 0.342 e. The summed E-state index contributed by atoms with van der Waals surface area (Å²) in [6.07, 6.45) is 3.11. The number of carbonyl (C=O) groups excluding carboxylic acids is 1. The molecule has 5 rings (SSSR count). The second-order valence-corrected chi connectivity index (χ2v) is 7.54. The van der Waals surface area contributed by atoms with Crippen LogP contribution in [-0.4, -0.2) is 13.1 Å². The van der Waals surface area contributed by atoms with Crippen molar-refractivity contribution in [2.45, 2.75) is 25.9 Å². The van der Waals surface area contributed by atoms with Gasteiger partial charge in [-0.2, -0.15) is 0 Å². The van der Waals surface area contributed by atoms with Gasteiger partial charge in [-0.1, -0.05) is 24.3 Å². The fourth-order valence-corrected chi connectivity index (χ4v) is 4.18. The maximum atomic E-state index is 12.8. The summed E-state index contributed by atoms with van der Waals surface area (Å²) in [4.78, 5) is 24.9. The van der Waals surface area contributed by atoms with Crippen LogP contribution in [0.15, 0.2) is 63.8 Å². The van der Waals surface area contributed by atoms with Gasteiger partial charge in [-0.3, -0.25) is 0 Å². The summed E-state index contributed by atoms with van der Waals surface area (Å²) in [5, 5.41) is 2.71. The molecule has 1 heterocycles. The van der Waals surface area contributed by atoms with Crippen molar-refractivity contribution in [1.29, 1.82) is 0 Å². The van der Waals surface area contributed by atoms with Crippen LogP contribution in [0.4, 0.5) is 0 Å². The van der Waals surface area contributed by atoms with Crippen molar-refractivity contribution in [2.75, 3.05) is 7.11 Å². The lowest BCUT2D eigenvalue weighted by Gasteiger charge is -2.12. The highest BCUT2D eigenvalue weighted by Gasteiger charge is 2.18. The van der Waals surface area contributed by atoms with Crippen molar-refractivity contribution in [3.8, 4) is 5.75 Å². The van der Waals surface area contributed by atoms with E-state index >= 15 is 0 Å². The fourth-order valence-electron chi connectivity index (χ4n) is 4.18. The average Bonchev–Trinajstić information content (AvgIpc) is 3.22. The Bertz CT molecular complexity index is 1350. The summed E-state index contributed by atoms with van der Waals surface area (Å²) < 4.78 is 16.4. The van der Waals surface area contributed by atoms with E-state index in [0.717, 1.165) is 35.4 Å². The van der Waals surface area contributed by atoms with Crippen LogP contribution in [0.2, 0.25) is 0 Å². The summed E-state index contributed by atoms with van der Waals surface area (Å²) in [5.41, 5.74) is 3.57. The number of ether oxygens (including phenoxy) is 2. The van der Waals surface area contributed by atoms with Gasteiger partial charge in [0, 0.05) is 17.0 Å². The molecular formula is C25H20O5. The minimum Gasteiger partial charge on any atom is -0.496 e. The van der Waals surface area contributed by atoms with Gasteiger partial charge < -0.3 is 13.9 Å². The van der Waals surface area contributed by atoms with Crippen molar-refractivity contribution in [3.05, 3.63) is 87.3 Å². The maximum absolute atomic E-state index is 12.8. The first-order valence-corrected chi connectivity index (χ1v) is 9.95. The smallest absolute Gasteiger partial charge is 0.342 e. The Morgan fingerprint density at radius 3 is 2.50 bits per heavy atom. The number of carbonyl (C=O) groups is 1. The molecule has 4 aromatic rings. The molecule has 0 spiro atoms. The van der Waals surface area contributed by atoms with Gasteiger partial charge in [-0.05, 0) is 65.4 Å². The molecule has 5 heteroatoms. The molecule has 0 aliphatic heterocycles. The monoisotopic (exact) mass is 400 g/mol. The van der Waals surface area contributed by atoms with Gasteiger partial charge in [0.05, 0.1) is 7.11 Å². The van der Waals surface area contributed by atoms with Gasteiger partial charge in [0.25, 0.3) is 0 Å². The Hall–Kier alpha value is -3.60. The number of methoxy groups -OCH3 is 1. The SMILES string of the molecule is COc1cc2ccccc2cc1C(=O)OCc1cc(=O)oc2cc3c(cc12)CCC3. The van der Waals surface area contributed by atoms with Crippen LogP contribution >= 0.6 is 0 Å². The molecule has 1 aliphatic carbocycles. The van der Waals surface area contributed by atoms with Crippen LogP contribution in [0.25, 0.3) is 21.7 Å². The van der Waals surface area contributed by atoms with Crippen LogP contribution in [-0.2, 0) is 24.2 Å². The molecule has 0 saturated heterocycles. The Morgan fingerprint density at radius 1 is 1.00 bits per heavy atom. The van der Waals surface area contributed by atoms with Crippen molar-refractivity contribution in [1.82, 2.24) is 0 Å². The Morgan fingerprint density at radius 2 is 1.73 bits per heavy atom. The lowest BCUT2D eigenvalue weighted by atomic mass is 10.0. The molecule has 1 aromatic heterocycles. The van der Waals surface area contributed by atoms with Crippen LogP contribution in [0.1, 0.15) is 33.5 Å². The zero-order chi connectivity index (χ0) is 20.7. The molecule has 0 amide bonds. The molecule has 0 bridgehead atoms. The van der Waals surface area contributed by atoms with Crippen LogP contribution in [0.5, 0.6) is 5.75 Å². The zero-order valence-corrected chi connectivity index (χ0v) is 16.6. The minimum absolute atomic E-state index is 0.0182. The summed E-state index contributed by atoms with van der Waals surface area (Å²) in [6.45, 7) is -0.0182. The molecule has 30 heavy (non-hydrogen) atoms. The molecular weight excluding hydrogens is 380 g/mol. The highest BCUT2D eigenvalue weighted by atomic mass is 16.5. The number of benzene rings is 3. The van der Waals surface area contributed by atoms with E-state index < -0.39 is 11.6 Å². The topological polar surface area (TPSA) is 65.7 Å².